The molecule has 0 spiro atoms. The molecule has 260 valence electrons. The first-order valence-electron chi connectivity index (χ1n) is 21.1. The van der Waals surface area contributed by atoms with E-state index in [1.54, 1.807) is 0 Å². The van der Waals surface area contributed by atoms with Crippen LogP contribution in [0.1, 0.15) is 246 Å². The van der Waals surface area contributed by atoms with Crippen LogP contribution in [-0.4, -0.2) is 30.7 Å². The minimum absolute atomic E-state index is 1.36. The van der Waals surface area contributed by atoms with Gasteiger partial charge in [-0.2, -0.15) is 0 Å². The van der Waals surface area contributed by atoms with E-state index in [9.17, 15) is 0 Å². The summed E-state index contributed by atoms with van der Waals surface area (Å²) in [5, 5.41) is 0. The molecule has 0 heterocycles. The second-order valence-corrected chi connectivity index (χ2v) is 14.8. The van der Waals surface area contributed by atoms with Crippen LogP contribution in [0.25, 0.3) is 0 Å². The van der Waals surface area contributed by atoms with Gasteiger partial charge in [-0.3, -0.25) is 0 Å². The monoisotopic (exact) mass is 607 g/mol. The Morgan fingerprint density at radius 3 is 0.558 bits per heavy atom. The van der Waals surface area contributed by atoms with Gasteiger partial charge in [0.05, 0.1) is 26.2 Å². The van der Waals surface area contributed by atoms with Gasteiger partial charge < -0.3 is 4.48 Å². The zero-order valence-electron chi connectivity index (χ0n) is 31.3. The zero-order chi connectivity index (χ0) is 31.4. The molecule has 0 aliphatic rings. The quantitative estimate of drug-likeness (QED) is 0.0484. The van der Waals surface area contributed by atoms with Crippen molar-refractivity contribution in [3.05, 3.63) is 0 Å². The standard InChI is InChI=1S/C42H88N/c1-5-9-13-15-17-19-21-23-25-27-29-31-33-35-37-41-43(39-11-7-3,40-12-8-4)42-38-36-34-32-30-28-26-24-22-20-18-16-14-10-6-2/h5-42H2,1-4H3/q+1. The molecule has 0 aromatic heterocycles. The maximum Gasteiger partial charge on any atom is 0.0786 e. The fourth-order valence-corrected chi connectivity index (χ4v) is 7.29. The number of rotatable bonds is 38. The van der Waals surface area contributed by atoms with Crippen LogP contribution in [0, 0.1) is 0 Å². The molecular formula is C42H88N+. The van der Waals surface area contributed by atoms with Gasteiger partial charge in [0, 0.05) is 0 Å². The number of nitrogens with zero attached hydrogens (tertiary/aromatic N) is 1. The molecule has 1 heteroatoms. The van der Waals surface area contributed by atoms with E-state index in [4.69, 9.17) is 0 Å². The van der Waals surface area contributed by atoms with Crippen LogP contribution in [0.2, 0.25) is 0 Å². The van der Waals surface area contributed by atoms with Gasteiger partial charge in [0.25, 0.3) is 0 Å². The normalized spacial score (nSPS) is 12.0. The van der Waals surface area contributed by atoms with Crippen molar-refractivity contribution in [2.75, 3.05) is 26.2 Å². The fourth-order valence-electron chi connectivity index (χ4n) is 7.29. The molecule has 43 heavy (non-hydrogen) atoms. The van der Waals surface area contributed by atoms with Gasteiger partial charge in [-0.1, -0.05) is 207 Å². The van der Waals surface area contributed by atoms with Gasteiger partial charge in [0.2, 0.25) is 0 Å². The van der Waals surface area contributed by atoms with Crippen molar-refractivity contribution >= 4 is 0 Å². The molecule has 0 N–H and O–H groups in total. The minimum Gasteiger partial charge on any atom is -0.324 e. The lowest BCUT2D eigenvalue weighted by Crippen LogP contribution is -2.50. The fraction of sp³-hybridized carbons (Fsp3) is 1.00. The molecule has 0 aliphatic heterocycles. The third-order valence-corrected chi connectivity index (χ3v) is 10.4. The molecule has 0 unspecified atom stereocenters. The van der Waals surface area contributed by atoms with Gasteiger partial charge in [0.15, 0.2) is 0 Å². The molecule has 0 rings (SSSR count). The largest absolute Gasteiger partial charge is 0.324 e. The molecule has 0 saturated carbocycles. The van der Waals surface area contributed by atoms with Gasteiger partial charge in [-0.25, -0.2) is 0 Å². The Bertz CT molecular complexity index is 441. The van der Waals surface area contributed by atoms with Crippen LogP contribution in [0.5, 0.6) is 0 Å². The molecule has 0 aromatic rings. The van der Waals surface area contributed by atoms with Crippen molar-refractivity contribution in [1.82, 2.24) is 0 Å². The first-order chi connectivity index (χ1) is 21.2. The minimum atomic E-state index is 1.36. The Morgan fingerprint density at radius 2 is 0.349 bits per heavy atom. The van der Waals surface area contributed by atoms with Gasteiger partial charge in [-0.15, -0.1) is 0 Å². The third kappa shape index (κ3) is 31.7. The SMILES string of the molecule is CCCCCCCCCCCCCCCCC[N+](CCCC)(CCCC)CCCCCCCCCCCCCCCCC. The van der Waals surface area contributed by atoms with E-state index in [2.05, 4.69) is 27.7 Å². The summed E-state index contributed by atoms with van der Waals surface area (Å²) in [6, 6.07) is 0. The molecular weight excluding hydrogens is 518 g/mol. The highest BCUT2D eigenvalue weighted by atomic mass is 15.3. The van der Waals surface area contributed by atoms with E-state index < -0.39 is 0 Å². The van der Waals surface area contributed by atoms with Crippen LogP contribution < -0.4 is 0 Å². The van der Waals surface area contributed by atoms with Crippen molar-refractivity contribution in [2.45, 2.75) is 246 Å². The number of quaternary nitrogens is 1. The summed E-state index contributed by atoms with van der Waals surface area (Å²) in [7, 11) is 0. The molecule has 0 atom stereocenters. The average Bonchev–Trinajstić information content (AvgIpc) is 3.02. The van der Waals surface area contributed by atoms with Gasteiger partial charge >= 0.3 is 0 Å². The lowest BCUT2D eigenvalue weighted by Gasteiger charge is -2.39. The molecule has 0 saturated heterocycles. The van der Waals surface area contributed by atoms with Crippen molar-refractivity contribution in [1.29, 1.82) is 0 Å². The van der Waals surface area contributed by atoms with E-state index in [0.717, 1.165) is 0 Å². The van der Waals surface area contributed by atoms with Crippen molar-refractivity contribution in [3.8, 4) is 0 Å². The maximum atomic E-state index is 2.40. The predicted octanol–water partition coefficient (Wildman–Crippen LogP) is 15.1. The number of unbranched alkanes of at least 4 members (excludes halogenated alkanes) is 30. The van der Waals surface area contributed by atoms with E-state index in [1.807, 2.05) is 0 Å². The summed E-state index contributed by atoms with van der Waals surface area (Å²) in [5.41, 5.74) is 0. The van der Waals surface area contributed by atoms with E-state index in [1.165, 1.54) is 249 Å². The molecule has 1 nitrogen and oxygen atoms in total. The molecule has 0 fully saturated rings. The summed E-state index contributed by atoms with van der Waals surface area (Å²) in [4.78, 5) is 0. The summed E-state index contributed by atoms with van der Waals surface area (Å²) >= 11 is 0. The zero-order valence-corrected chi connectivity index (χ0v) is 31.3. The van der Waals surface area contributed by atoms with Crippen LogP contribution in [-0.2, 0) is 0 Å². The molecule has 0 aromatic carbocycles. The van der Waals surface area contributed by atoms with E-state index in [-0.39, 0.29) is 0 Å². The topological polar surface area (TPSA) is 0 Å². The molecule has 0 bridgehead atoms. The highest BCUT2D eigenvalue weighted by Crippen LogP contribution is 2.20. The molecule has 0 aliphatic carbocycles. The van der Waals surface area contributed by atoms with Crippen molar-refractivity contribution in [2.24, 2.45) is 0 Å². The Balaban J connectivity index is 3.95. The highest BCUT2D eigenvalue weighted by Gasteiger charge is 2.25. The maximum absolute atomic E-state index is 2.40. The Hall–Kier alpha value is -0.0400. The summed E-state index contributed by atoms with van der Waals surface area (Å²) in [6.45, 7) is 15.3. The number of hydrogen-bond donors (Lipinski definition) is 0. The van der Waals surface area contributed by atoms with Crippen molar-refractivity contribution in [3.63, 3.8) is 0 Å². The average molecular weight is 607 g/mol. The highest BCUT2D eigenvalue weighted by molar-refractivity contribution is 4.55. The van der Waals surface area contributed by atoms with Crippen LogP contribution in [0.15, 0.2) is 0 Å². The Morgan fingerprint density at radius 1 is 0.186 bits per heavy atom. The smallest absolute Gasteiger partial charge is 0.0786 e. The summed E-state index contributed by atoms with van der Waals surface area (Å²) < 4.78 is 1.46. The van der Waals surface area contributed by atoms with E-state index >= 15 is 0 Å². The molecule has 0 radical (unpaired) electrons. The summed E-state index contributed by atoms with van der Waals surface area (Å²) in [5.74, 6) is 0. The first kappa shape index (κ1) is 43.0. The number of hydrogen-bond acceptors (Lipinski definition) is 0. The van der Waals surface area contributed by atoms with Crippen LogP contribution in [0.3, 0.4) is 0 Å². The lowest BCUT2D eigenvalue weighted by atomic mass is 10.0. The Labute approximate surface area is 276 Å². The van der Waals surface area contributed by atoms with Crippen LogP contribution >= 0.6 is 0 Å². The Kier molecular flexibility index (Phi) is 36.4. The lowest BCUT2D eigenvalue weighted by molar-refractivity contribution is -0.929. The van der Waals surface area contributed by atoms with Crippen LogP contribution in [0.4, 0.5) is 0 Å². The first-order valence-corrected chi connectivity index (χ1v) is 21.1. The predicted molar refractivity (Wildman–Crippen MR) is 199 cm³/mol. The van der Waals surface area contributed by atoms with Gasteiger partial charge in [0.1, 0.15) is 0 Å². The second kappa shape index (κ2) is 36.4. The third-order valence-electron chi connectivity index (χ3n) is 10.4. The second-order valence-electron chi connectivity index (χ2n) is 14.8. The molecule has 0 amide bonds. The van der Waals surface area contributed by atoms with E-state index in [0.29, 0.717) is 0 Å². The van der Waals surface area contributed by atoms with Crippen molar-refractivity contribution < 1.29 is 4.48 Å². The summed E-state index contributed by atoms with van der Waals surface area (Å²) in [6.07, 6.45) is 49.8. The van der Waals surface area contributed by atoms with Gasteiger partial charge in [-0.05, 0) is 38.5 Å².